The highest BCUT2D eigenvalue weighted by molar-refractivity contribution is 6.30. The molecule has 126 valence electrons. The summed E-state index contributed by atoms with van der Waals surface area (Å²) < 4.78 is 4.95. The van der Waals surface area contributed by atoms with Crippen molar-refractivity contribution in [2.75, 3.05) is 6.61 Å². The maximum atomic E-state index is 11.9. The molecule has 5 nitrogen and oxygen atoms in total. The second kappa shape index (κ2) is 7.84. The molecule has 0 aromatic heterocycles. The van der Waals surface area contributed by atoms with Crippen molar-refractivity contribution in [3.8, 4) is 5.75 Å². The Kier molecular flexibility index (Phi) is 5.82. The fourth-order valence-electron chi connectivity index (χ4n) is 2.16. The summed E-state index contributed by atoms with van der Waals surface area (Å²) in [5.41, 5.74) is 1.68. The van der Waals surface area contributed by atoms with E-state index in [9.17, 15) is 14.7 Å². The van der Waals surface area contributed by atoms with Crippen LogP contribution in [0.1, 0.15) is 34.5 Å². The Hall–Kier alpha value is -2.53. The van der Waals surface area contributed by atoms with Crippen molar-refractivity contribution < 1.29 is 19.4 Å². The zero-order valence-corrected chi connectivity index (χ0v) is 14.1. The first kappa shape index (κ1) is 17.8. The molecule has 0 aliphatic rings. The van der Waals surface area contributed by atoms with Crippen molar-refractivity contribution in [3.63, 3.8) is 0 Å². The van der Waals surface area contributed by atoms with Gasteiger partial charge in [0.25, 0.3) is 5.91 Å². The minimum absolute atomic E-state index is 0.0330. The molecule has 0 saturated heterocycles. The molecule has 0 fully saturated rings. The molecule has 1 amide bonds. The van der Waals surface area contributed by atoms with E-state index in [1.54, 1.807) is 38.1 Å². The Morgan fingerprint density at radius 1 is 1.25 bits per heavy atom. The van der Waals surface area contributed by atoms with Crippen LogP contribution < -0.4 is 5.32 Å². The molecule has 1 atom stereocenters. The lowest BCUT2D eigenvalue weighted by molar-refractivity contribution is -0.124. The van der Waals surface area contributed by atoms with E-state index in [0.29, 0.717) is 5.02 Å². The minimum Gasteiger partial charge on any atom is -0.507 e. The Morgan fingerprint density at radius 3 is 2.71 bits per heavy atom. The van der Waals surface area contributed by atoms with E-state index in [4.69, 9.17) is 16.3 Å². The zero-order chi connectivity index (χ0) is 17.7. The Balaban J connectivity index is 1.91. The normalized spacial score (nSPS) is 11.6. The number of phenols is 1. The summed E-state index contributed by atoms with van der Waals surface area (Å²) in [6, 6.07) is 11.4. The smallest absolute Gasteiger partial charge is 0.342 e. The third kappa shape index (κ3) is 4.73. The number of carbonyl (C=O) groups is 2. The minimum atomic E-state index is -0.748. The molecule has 0 spiro atoms. The number of phenolic OH excluding ortho intramolecular Hbond substituents is 1. The van der Waals surface area contributed by atoms with Crippen LogP contribution in [0, 0.1) is 6.92 Å². The van der Waals surface area contributed by atoms with Gasteiger partial charge in [0.15, 0.2) is 6.61 Å². The third-order valence-electron chi connectivity index (χ3n) is 3.43. The number of rotatable bonds is 5. The molecular weight excluding hydrogens is 330 g/mol. The van der Waals surface area contributed by atoms with Gasteiger partial charge in [0.05, 0.1) is 6.04 Å². The fourth-order valence-corrected chi connectivity index (χ4v) is 2.36. The van der Waals surface area contributed by atoms with Gasteiger partial charge in [-0.3, -0.25) is 4.79 Å². The van der Waals surface area contributed by atoms with Gasteiger partial charge >= 0.3 is 5.97 Å². The van der Waals surface area contributed by atoms with Gasteiger partial charge in [0.2, 0.25) is 0 Å². The summed E-state index contributed by atoms with van der Waals surface area (Å²) in [6.45, 7) is 3.16. The van der Waals surface area contributed by atoms with Gasteiger partial charge in [-0.25, -0.2) is 4.79 Å². The molecule has 0 unspecified atom stereocenters. The van der Waals surface area contributed by atoms with Crippen LogP contribution in [-0.2, 0) is 9.53 Å². The molecule has 0 heterocycles. The van der Waals surface area contributed by atoms with Crippen LogP contribution in [0.5, 0.6) is 5.75 Å². The van der Waals surface area contributed by atoms with Gasteiger partial charge in [-0.15, -0.1) is 0 Å². The number of amides is 1. The average molecular weight is 348 g/mol. The van der Waals surface area contributed by atoms with Crippen LogP contribution >= 0.6 is 11.6 Å². The Labute approximate surface area is 145 Å². The van der Waals surface area contributed by atoms with E-state index in [0.717, 1.165) is 11.1 Å². The van der Waals surface area contributed by atoms with Gasteiger partial charge in [0.1, 0.15) is 11.3 Å². The third-order valence-corrected chi connectivity index (χ3v) is 3.67. The number of carbonyl (C=O) groups excluding carboxylic acids is 2. The largest absolute Gasteiger partial charge is 0.507 e. The SMILES string of the molecule is Cc1ccc(O)c(C(=O)OCC(=O)N[C@H](C)c2cccc(Cl)c2)c1. The average Bonchev–Trinajstić information content (AvgIpc) is 2.54. The van der Waals surface area contributed by atoms with Crippen molar-refractivity contribution >= 4 is 23.5 Å². The van der Waals surface area contributed by atoms with Crippen molar-refractivity contribution in [2.24, 2.45) is 0 Å². The standard InChI is InChI=1S/C18H18ClNO4/c1-11-6-7-16(21)15(8-11)18(23)24-10-17(22)20-12(2)13-4-3-5-14(19)9-13/h3-9,12,21H,10H2,1-2H3,(H,20,22)/t12-/m1/s1. The van der Waals surface area contributed by atoms with Gasteiger partial charge in [-0.1, -0.05) is 35.4 Å². The topological polar surface area (TPSA) is 75.6 Å². The Bertz CT molecular complexity index is 760. The molecule has 2 N–H and O–H groups in total. The summed E-state index contributed by atoms with van der Waals surface area (Å²) in [5.74, 6) is -1.37. The molecule has 6 heteroatoms. The first-order valence-corrected chi connectivity index (χ1v) is 7.76. The number of benzene rings is 2. The van der Waals surface area contributed by atoms with E-state index in [1.165, 1.54) is 12.1 Å². The molecule has 2 aromatic carbocycles. The Morgan fingerprint density at radius 2 is 2.00 bits per heavy atom. The molecule has 0 radical (unpaired) electrons. The van der Waals surface area contributed by atoms with Crippen molar-refractivity contribution in [2.45, 2.75) is 19.9 Å². The lowest BCUT2D eigenvalue weighted by Crippen LogP contribution is -2.31. The van der Waals surface area contributed by atoms with Crippen LogP contribution in [0.4, 0.5) is 0 Å². The second-order valence-corrected chi connectivity index (χ2v) is 5.88. The molecular formula is C18H18ClNO4. The van der Waals surface area contributed by atoms with Crippen LogP contribution in [0.3, 0.4) is 0 Å². The van der Waals surface area contributed by atoms with Gasteiger partial charge in [-0.2, -0.15) is 0 Å². The fraction of sp³-hybridized carbons (Fsp3) is 0.222. The molecule has 2 rings (SSSR count). The van der Waals surface area contributed by atoms with E-state index in [2.05, 4.69) is 5.32 Å². The monoisotopic (exact) mass is 347 g/mol. The van der Waals surface area contributed by atoms with Crippen molar-refractivity contribution in [3.05, 3.63) is 64.2 Å². The number of nitrogens with one attached hydrogen (secondary N) is 1. The molecule has 24 heavy (non-hydrogen) atoms. The number of ether oxygens (including phenoxy) is 1. The quantitative estimate of drug-likeness (QED) is 0.813. The van der Waals surface area contributed by atoms with E-state index in [-0.39, 0.29) is 17.4 Å². The van der Waals surface area contributed by atoms with Crippen LogP contribution in [0.2, 0.25) is 5.02 Å². The van der Waals surface area contributed by atoms with Crippen molar-refractivity contribution in [1.82, 2.24) is 5.32 Å². The molecule has 2 aromatic rings. The number of hydrogen-bond acceptors (Lipinski definition) is 4. The van der Waals surface area contributed by atoms with E-state index in [1.807, 2.05) is 6.07 Å². The number of halogens is 1. The summed E-state index contributed by atoms with van der Waals surface area (Å²) in [4.78, 5) is 23.9. The number of hydrogen-bond donors (Lipinski definition) is 2. The highest BCUT2D eigenvalue weighted by Crippen LogP contribution is 2.19. The second-order valence-electron chi connectivity index (χ2n) is 5.44. The number of esters is 1. The van der Waals surface area contributed by atoms with Gasteiger partial charge in [-0.05, 0) is 43.7 Å². The van der Waals surface area contributed by atoms with Gasteiger partial charge < -0.3 is 15.2 Å². The predicted octanol–water partition coefficient (Wildman–Crippen LogP) is 3.39. The highest BCUT2D eigenvalue weighted by atomic mass is 35.5. The maximum absolute atomic E-state index is 11.9. The zero-order valence-electron chi connectivity index (χ0n) is 13.4. The van der Waals surface area contributed by atoms with Crippen LogP contribution in [-0.4, -0.2) is 23.6 Å². The van der Waals surface area contributed by atoms with Crippen LogP contribution in [0.15, 0.2) is 42.5 Å². The molecule has 0 aliphatic heterocycles. The molecule has 0 saturated carbocycles. The summed E-state index contributed by atoms with van der Waals surface area (Å²) >= 11 is 5.92. The van der Waals surface area contributed by atoms with Crippen LogP contribution in [0.25, 0.3) is 0 Å². The first-order chi connectivity index (χ1) is 11.4. The van der Waals surface area contributed by atoms with E-state index < -0.39 is 18.5 Å². The summed E-state index contributed by atoms with van der Waals surface area (Å²) in [5, 5.41) is 13.0. The lowest BCUT2D eigenvalue weighted by atomic mass is 10.1. The predicted molar refractivity (Wildman–Crippen MR) is 91.1 cm³/mol. The number of aromatic hydroxyl groups is 1. The van der Waals surface area contributed by atoms with Crippen molar-refractivity contribution in [1.29, 1.82) is 0 Å². The molecule has 0 aliphatic carbocycles. The first-order valence-electron chi connectivity index (χ1n) is 7.38. The van der Waals surface area contributed by atoms with Gasteiger partial charge in [0, 0.05) is 5.02 Å². The van der Waals surface area contributed by atoms with E-state index >= 15 is 0 Å². The maximum Gasteiger partial charge on any atom is 0.342 e. The highest BCUT2D eigenvalue weighted by Gasteiger charge is 2.16. The number of aryl methyl sites for hydroxylation is 1. The molecule has 0 bridgehead atoms. The summed E-state index contributed by atoms with van der Waals surface area (Å²) in [7, 11) is 0. The summed E-state index contributed by atoms with van der Waals surface area (Å²) in [6.07, 6.45) is 0. The lowest BCUT2D eigenvalue weighted by Gasteiger charge is -2.15.